The van der Waals surface area contributed by atoms with E-state index in [1.807, 2.05) is 72.8 Å². The van der Waals surface area contributed by atoms with Crippen LogP contribution < -0.4 is 5.32 Å². The molecule has 1 aromatic heterocycles. The van der Waals surface area contributed by atoms with Crippen LogP contribution in [0.15, 0.2) is 79.0 Å². The number of thioether (sulfide) groups is 1. The van der Waals surface area contributed by atoms with E-state index in [1.54, 1.807) is 11.8 Å². The van der Waals surface area contributed by atoms with Crippen molar-refractivity contribution in [2.45, 2.75) is 31.5 Å². The van der Waals surface area contributed by atoms with Crippen molar-refractivity contribution in [2.24, 2.45) is 0 Å². The molecule has 8 nitrogen and oxygen atoms in total. The topological polar surface area (TPSA) is 114 Å². The number of aliphatic hydroxyl groups excluding tert-OH is 2. The lowest BCUT2D eigenvalue weighted by Gasteiger charge is -2.36. The first-order valence-corrected chi connectivity index (χ1v) is 13.6. The van der Waals surface area contributed by atoms with Gasteiger partial charge >= 0.3 is 0 Å². The second-order valence-corrected chi connectivity index (χ2v) is 10.1. The predicted molar refractivity (Wildman–Crippen MR) is 147 cm³/mol. The zero-order valence-corrected chi connectivity index (χ0v) is 21.5. The molecular formula is C29H29N3O5S. The van der Waals surface area contributed by atoms with Crippen molar-refractivity contribution < 1.29 is 24.5 Å². The van der Waals surface area contributed by atoms with Crippen LogP contribution in [-0.2, 0) is 16.1 Å². The molecule has 38 heavy (non-hydrogen) atoms. The van der Waals surface area contributed by atoms with Crippen LogP contribution in [0.2, 0.25) is 0 Å². The molecule has 196 valence electrons. The molecule has 1 aliphatic heterocycles. The van der Waals surface area contributed by atoms with Crippen LogP contribution in [0.1, 0.15) is 46.0 Å². The van der Waals surface area contributed by atoms with Crippen LogP contribution in [0.3, 0.4) is 0 Å². The van der Waals surface area contributed by atoms with Gasteiger partial charge in [-0.3, -0.25) is 9.78 Å². The highest BCUT2D eigenvalue weighted by Gasteiger charge is 2.32. The minimum absolute atomic E-state index is 0.00566. The number of para-hydroxylation sites is 2. The maximum Gasteiger partial charge on any atom is 0.275 e. The molecule has 0 bridgehead atoms. The number of rotatable bonds is 9. The summed E-state index contributed by atoms with van der Waals surface area (Å²) in [5.74, 6) is 1.05. The molecule has 3 aromatic carbocycles. The lowest BCUT2D eigenvalue weighted by Crippen LogP contribution is -2.31. The summed E-state index contributed by atoms with van der Waals surface area (Å²) in [6, 6.07) is 22.5. The summed E-state index contributed by atoms with van der Waals surface area (Å²) in [4.78, 5) is 21.5. The molecule has 3 N–H and O–H groups in total. The van der Waals surface area contributed by atoms with E-state index < -0.39 is 6.29 Å². The monoisotopic (exact) mass is 531 g/mol. The van der Waals surface area contributed by atoms with E-state index in [1.165, 1.54) is 6.20 Å². The number of aromatic nitrogens is 2. The molecule has 1 amide bonds. The molecule has 0 spiro atoms. The Balaban J connectivity index is 1.29. The minimum atomic E-state index is -0.581. The summed E-state index contributed by atoms with van der Waals surface area (Å²) in [5, 5.41) is 21.4. The van der Waals surface area contributed by atoms with Crippen molar-refractivity contribution in [1.29, 1.82) is 0 Å². The quantitative estimate of drug-likeness (QED) is 0.268. The van der Waals surface area contributed by atoms with Crippen molar-refractivity contribution >= 4 is 34.4 Å². The number of benzene rings is 3. The lowest BCUT2D eigenvalue weighted by atomic mass is 10.0. The Bertz CT molecular complexity index is 1370. The SMILES string of the molecule is O=C(Nc1ccc(C2OC(CSCCO)CC(c3ccc(CO)cc3)O2)cc1)c1cnc2ccccc2n1. The van der Waals surface area contributed by atoms with E-state index in [0.29, 0.717) is 23.4 Å². The molecule has 0 aliphatic carbocycles. The number of nitrogens with one attached hydrogen (secondary N) is 1. The third-order valence-electron chi connectivity index (χ3n) is 6.28. The van der Waals surface area contributed by atoms with Gasteiger partial charge in [0.05, 0.1) is 42.7 Å². The highest BCUT2D eigenvalue weighted by Crippen LogP contribution is 2.39. The number of hydrogen-bond donors (Lipinski definition) is 3. The van der Waals surface area contributed by atoms with Crippen LogP contribution >= 0.6 is 11.8 Å². The number of nitrogens with zero attached hydrogens (tertiary/aromatic N) is 2. The third kappa shape index (κ3) is 6.38. The molecular weight excluding hydrogens is 502 g/mol. The summed E-state index contributed by atoms with van der Waals surface area (Å²) in [5.41, 5.74) is 4.96. The van der Waals surface area contributed by atoms with Gasteiger partial charge in [0.2, 0.25) is 0 Å². The Morgan fingerprint density at radius 2 is 1.68 bits per heavy atom. The van der Waals surface area contributed by atoms with Gasteiger partial charge in [-0.05, 0) is 35.4 Å². The number of hydrogen-bond acceptors (Lipinski definition) is 8. The standard InChI is InChI=1S/C29H29N3O5S/c33-13-14-38-18-23-15-27(20-7-5-19(17-34)6-8-20)37-29(36-23)21-9-11-22(12-10-21)31-28(35)26-16-30-24-3-1-2-4-25(24)32-26/h1-12,16,23,27,29,33-34H,13-15,17-18H2,(H,31,35). The molecule has 5 rings (SSSR count). The average molecular weight is 532 g/mol. The average Bonchev–Trinajstić information content (AvgIpc) is 2.97. The van der Waals surface area contributed by atoms with Crippen LogP contribution in [-0.4, -0.2) is 50.3 Å². The van der Waals surface area contributed by atoms with Gasteiger partial charge in [-0.2, -0.15) is 11.8 Å². The molecule has 4 aromatic rings. The summed E-state index contributed by atoms with van der Waals surface area (Å²) in [6.45, 7) is 0.121. The van der Waals surface area contributed by atoms with Gasteiger partial charge in [-0.25, -0.2) is 4.98 Å². The number of carbonyl (C=O) groups excluding carboxylic acids is 1. The molecule has 1 aliphatic rings. The summed E-state index contributed by atoms with van der Waals surface area (Å²) in [6.07, 6.45) is 1.35. The zero-order valence-electron chi connectivity index (χ0n) is 20.7. The van der Waals surface area contributed by atoms with Crippen molar-refractivity contribution in [3.63, 3.8) is 0 Å². The maximum absolute atomic E-state index is 12.8. The summed E-state index contributed by atoms with van der Waals surface area (Å²) < 4.78 is 12.6. The van der Waals surface area contributed by atoms with Gasteiger partial charge in [0.25, 0.3) is 5.91 Å². The molecule has 9 heteroatoms. The normalized spacial score (nSPS) is 19.4. The van der Waals surface area contributed by atoms with Gasteiger partial charge < -0.3 is 25.0 Å². The van der Waals surface area contributed by atoms with E-state index in [0.717, 1.165) is 28.0 Å². The second kappa shape index (κ2) is 12.5. The van der Waals surface area contributed by atoms with Crippen molar-refractivity contribution in [3.05, 3.63) is 101 Å². The van der Waals surface area contributed by atoms with Crippen LogP contribution in [0.25, 0.3) is 11.0 Å². The van der Waals surface area contributed by atoms with Crippen LogP contribution in [0.4, 0.5) is 5.69 Å². The smallest absolute Gasteiger partial charge is 0.275 e. The number of aliphatic hydroxyl groups is 2. The Morgan fingerprint density at radius 3 is 2.42 bits per heavy atom. The highest BCUT2D eigenvalue weighted by atomic mass is 32.2. The fourth-order valence-corrected chi connectivity index (χ4v) is 5.06. The van der Waals surface area contributed by atoms with Crippen LogP contribution in [0.5, 0.6) is 0 Å². The molecule has 1 fully saturated rings. The zero-order chi connectivity index (χ0) is 26.3. The van der Waals surface area contributed by atoms with Crippen molar-refractivity contribution in [2.75, 3.05) is 23.4 Å². The highest BCUT2D eigenvalue weighted by molar-refractivity contribution is 7.99. The largest absolute Gasteiger partial charge is 0.396 e. The van der Waals surface area contributed by atoms with E-state index in [9.17, 15) is 9.90 Å². The minimum Gasteiger partial charge on any atom is -0.396 e. The fourth-order valence-electron chi connectivity index (χ4n) is 4.29. The van der Waals surface area contributed by atoms with Gasteiger partial charge in [-0.15, -0.1) is 0 Å². The van der Waals surface area contributed by atoms with Gasteiger partial charge in [0, 0.05) is 29.2 Å². The number of anilines is 1. The van der Waals surface area contributed by atoms with E-state index in [4.69, 9.17) is 14.6 Å². The third-order valence-corrected chi connectivity index (χ3v) is 7.35. The fraction of sp³-hybridized carbons (Fsp3) is 0.276. The predicted octanol–water partition coefficient (Wildman–Crippen LogP) is 4.65. The number of ether oxygens (including phenoxy) is 2. The van der Waals surface area contributed by atoms with E-state index in [-0.39, 0.29) is 37.0 Å². The maximum atomic E-state index is 12.8. The van der Waals surface area contributed by atoms with E-state index >= 15 is 0 Å². The van der Waals surface area contributed by atoms with E-state index in [2.05, 4.69) is 15.3 Å². The Labute approximate surface area is 225 Å². The van der Waals surface area contributed by atoms with Crippen LogP contribution in [0, 0.1) is 0 Å². The Kier molecular flexibility index (Phi) is 8.62. The second-order valence-electron chi connectivity index (χ2n) is 8.97. The molecule has 3 atom stereocenters. The molecule has 0 radical (unpaired) electrons. The van der Waals surface area contributed by atoms with Gasteiger partial charge in [-0.1, -0.05) is 48.5 Å². The number of fused-ring (bicyclic) bond motifs is 1. The molecule has 2 heterocycles. The molecule has 0 saturated carbocycles. The van der Waals surface area contributed by atoms with Crippen molar-refractivity contribution in [3.8, 4) is 0 Å². The lowest BCUT2D eigenvalue weighted by molar-refractivity contribution is -0.245. The number of carbonyl (C=O) groups is 1. The van der Waals surface area contributed by atoms with Gasteiger partial charge in [0.1, 0.15) is 5.69 Å². The summed E-state index contributed by atoms with van der Waals surface area (Å²) in [7, 11) is 0. The molecule has 1 saturated heterocycles. The Morgan fingerprint density at radius 1 is 0.947 bits per heavy atom. The first-order valence-electron chi connectivity index (χ1n) is 12.5. The van der Waals surface area contributed by atoms with Gasteiger partial charge in [0.15, 0.2) is 6.29 Å². The van der Waals surface area contributed by atoms with Crippen molar-refractivity contribution in [1.82, 2.24) is 9.97 Å². The Hall–Kier alpha value is -3.34. The first-order chi connectivity index (χ1) is 18.6. The summed E-state index contributed by atoms with van der Waals surface area (Å²) >= 11 is 1.65. The number of amides is 1. The first kappa shape index (κ1) is 26.3. The molecule has 3 unspecified atom stereocenters.